The Bertz CT molecular complexity index is 3510. The summed E-state index contributed by atoms with van der Waals surface area (Å²) in [6.45, 7) is 14.9. The first kappa shape index (κ1) is 52.2. The highest BCUT2D eigenvalue weighted by Crippen LogP contribution is 2.60. The molecule has 80 heavy (non-hydrogen) atoms. The molecular weight excluding hydrogens is 993 g/mol. The molecule has 406 valence electrons. The number of anilines is 6. The number of carbonyl (C=O) groups is 2. The fourth-order valence-corrected chi connectivity index (χ4v) is 12.7. The first-order valence-electron chi connectivity index (χ1n) is 28.4. The normalized spacial score (nSPS) is 17.6. The van der Waals surface area contributed by atoms with Gasteiger partial charge in [0.05, 0.1) is 11.1 Å². The van der Waals surface area contributed by atoms with E-state index < -0.39 is 11.2 Å². The number of benzene rings is 8. The Morgan fingerprint density at radius 2 is 0.812 bits per heavy atom. The molecule has 2 unspecified atom stereocenters. The highest BCUT2D eigenvalue weighted by atomic mass is 16.6. The summed E-state index contributed by atoms with van der Waals surface area (Å²) in [6, 6.07) is 54.7. The lowest BCUT2D eigenvalue weighted by molar-refractivity contribution is 0.0214. The predicted molar refractivity (Wildman–Crippen MR) is 321 cm³/mol. The second kappa shape index (κ2) is 20.0. The standard InChI is InChI=1S/C70H70N4O6/c1-11-14-36-73(60-42-58-62(38-44(60)4)77-64-40-50(71(7)8)32-34-56(64)69(58)54-22-18-16-20-52(54)66(75)79-69)48-28-24-46(25-29-48)68(6,13-3)47-26-30-49(31-27-47)74(37-15-12-2)61-43-59-63(39-45(61)5)78-65-41-51(72(9)10)33-35-57(65)70(59)55-23-19-17-21-53(55)67(76)80-70/h16-35,38-43H,11-15,36-37H2,1-10H3. The Kier molecular flexibility index (Phi) is 13.1. The molecule has 0 aliphatic carbocycles. The molecule has 0 amide bonds. The Morgan fingerprint density at radius 1 is 0.438 bits per heavy atom. The van der Waals surface area contributed by atoms with E-state index in [0.717, 1.165) is 124 Å². The van der Waals surface area contributed by atoms with E-state index in [9.17, 15) is 9.59 Å². The van der Waals surface area contributed by atoms with Crippen LogP contribution in [0.5, 0.6) is 23.0 Å². The number of nitrogens with zero attached hydrogens (tertiary/aromatic N) is 4. The summed E-state index contributed by atoms with van der Waals surface area (Å²) in [4.78, 5) is 36.6. The van der Waals surface area contributed by atoms with Gasteiger partial charge < -0.3 is 38.5 Å². The van der Waals surface area contributed by atoms with Crippen molar-refractivity contribution in [3.63, 3.8) is 0 Å². The fourth-order valence-electron chi connectivity index (χ4n) is 12.7. The zero-order valence-corrected chi connectivity index (χ0v) is 47.7. The molecule has 2 atom stereocenters. The van der Waals surface area contributed by atoms with Gasteiger partial charge in [-0.1, -0.05) is 101 Å². The number of ether oxygens (including phenoxy) is 4. The van der Waals surface area contributed by atoms with E-state index in [1.807, 2.05) is 111 Å². The zero-order valence-electron chi connectivity index (χ0n) is 47.7. The van der Waals surface area contributed by atoms with Gasteiger partial charge in [0.1, 0.15) is 23.0 Å². The number of rotatable bonds is 15. The van der Waals surface area contributed by atoms with Crippen molar-refractivity contribution in [3.05, 3.63) is 224 Å². The highest BCUT2D eigenvalue weighted by molar-refractivity contribution is 5.98. The molecule has 12 rings (SSSR count). The summed E-state index contributed by atoms with van der Waals surface area (Å²) in [5.74, 6) is 2.01. The predicted octanol–water partition coefficient (Wildman–Crippen LogP) is 16.2. The molecule has 10 heteroatoms. The first-order chi connectivity index (χ1) is 38.6. The minimum absolute atomic E-state index is 0.296. The lowest BCUT2D eigenvalue weighted by Crippen LogP contribution is -2.33. The van der Waals surface area contributed by atoms with Crippen LogP contribution < -0.4 is 29.1 Å². The zero-order chi connectivity index (χ0) is 55.8. The van der Waals surface area contributed by atoms with Gasteiger partial charge in [0, 0.05) is 126 Å². The van der Waals surface area contributed by atoms with Crippen molar-refractivity contribution in [1.82, 2.24) is 0 Å². The Hall–Kier alpha value is -8.50. The van der Waals surface area contributed by atoms with Crippen molar-refractivity contribution < 1.29 is 28.5 Å². The van der Waals surface area contributed by atoms with Crippen LogP contribution in [-0.2, 0) is 26.1 Å². The second-order valence-corrected chi connectivity index (χ2v) is 22.6. The molecule has 0 saturated carbocycles. The van der Waals surface area contributed by atoms with Gasteiger partial charge in [0.15, 0.2) is 11.2 Å². The van der Waals surface area contributed by atoms with Crippen molar-refractivity contribution in [3.8, 4) is 23.0 Å². The largest absolute Gasteiger partial charge is 0.456 e. The topological polar surface area (TPSA) is 84.0 Å². The maximum absolute atomic E-state index is 13.9. The van der Waals surface area contributed by atoms with Crippen LogP contribution in [0.3, 0.4) is 0 Å². The summed E-state index contributed by atoms with van der Waals surface area (Å²) in [6.07, 6.45) is 4.90. The number of hydrogen-bond donors (Lipinski definition) is 0. The molecule has 0 saturated heterocycles. The molecule has 4 aliphatic rings. The Morgan fingerprint density at radius 3 is 1.19 bits per heavy atom. The molecule has 0 bridgehead atoms. The van der Waals surface area contributed by atoms with Crippen LogP contribution in [0.25, 0.3) is 0 Å². The third-order valence-electron chi connectivity index (χ3n) is 17.5. The summed E-state index contributed by atoms with van der Waals surface area (Å²) in [5, 5.41) is 0. The summed E-state index contributed by atoms with van der Waals surface area (Å²) in [7, 11) is 8.04. The number of esters is 2. The molecule has 0 fully saturated rings. The Labute approximate surface area is 471 Å². The van der Waals surface area contributed by atoms with E-state index in [2.05, 4.69) is 136 Å². The van der Waals surface area contributed by atoms with Gasteiger partial charge in [0.2, 0.25) is 0 Å². The van der Waals surface area contributed by atoms with Gasteiger partial charge in [-0.25, -0.2) is 9.59 Å². The van der Waals surface area contributed by atoms with E-state index in [-0.39, 0.29) is 17.4 Å². The molecule has 0 N–H and O–H groups in total. The average Bonchev–Trinajstić information content (AvgIpc) is 2.49. The van der Waals surface area contributed by atoms with Crippen molar-refractivity contribution >= 4 is 46.1 Å². The lowest BCUT2D eigenvalue weighted by atomic mass is 9.74. The van der Waals surface area contributed by atoms with Gasteiger partial charge in [0.25, 0.3) is 0 Å². The van der Waals surface area contributed by atoms with E-state index in [1.165, 1.54) is 11.1 Å². The molecule has 8 aromatic rings. The number of aryl methyl sites for hydroxylation is 2. The third kappa shape index (κ3) is 8.11. The number of carbonyl (C=O) groups excluding carboxylic acids is 2. The second-order valence-electron chi connectivity index (χ2n) is 22.6. The van der Waals surface area contributed by atoms with E-state index >= 15 is 0 Å². The fraction of sp³-hybridized carbons (Fsp3) is 0.286. The minimum Gasteiger partial charge on any atom is -0.456 e. The highest BCUT2D eigenvalue weighted by Gasteiger charge is 2.55. The SMILES string of the molecule is CCCCN(c1ccc(C(C)(CC)c2ccc(N(CCCC)c3cc4c(cc3C)Oc3cc(N(C)C)ccc3C43OC(=O)c4ccccc43)cc2)cc1)c1cc2c(cc1C)Oc1cc(N(C)C)ccc1C21OC(=O)c2ccccc21. The smallest absolute Gasteiger partial charge is 0.340 e. The maximum Gasteiger partial charge on any atom is 0.340 e. The summed E-state index contributed by atoms with van der Waals surface area (Å²) in [5.41, 5.74) is 14.1. The van der Waals surface area contributed by atoms with Gasteiger partial charge >= 0.3 is 11.9 Å². The van der Waals surface area contributed by atoms with Crippen LogP contribution in [0.2, 0.25) is 0 Å². The van der Waals surface area contributed by atoms with E-state index in [4.69, 9.17) is 18.9 Å². The molecule has 8 aromatic carbocycles. The van der Waals surface area contributed by atoms with Crippen molar-refractivity contribution in [1.29, 1.82) is 0 Å². The van der Waals surface area contributed by atoms with Gasteiger partial charge in [-0.3, -0.25) is 0 Å². The number of hydrogen-bond acceptors (Lipinski definition) is 10. The van der Waals surface area contributed by atoms with Gasteiger partial charge in [-0.15, -0.1) is 0 Å². The van der Waals surface area contributed by atoms with Crippen molar-refractivity contribution in [2.45, 2.75) is 90.3 Å². The quantitative estimate of drug-likeness (QED) is 0.0926. The van der Waals surface area contributed by atoms with E-state index in [0.29, 0.717) is 34.1 Å². The van der Waals surface area contributed by atoms with Crippen LogP contribution in [0.4, 0.5) is 34.1 Å². The molecule has 4 aliphatic heterocycles. The molecule has 2 spiro atoms. The van der Waals surface area contributed by atoms with Gasteiger partial charge in [-0.2, -0.15) is 0 Å². The number of unbranched alkanes of at least 4 members (excludes halogenated alkanes) is 2. The summed E-state index contributed by atoms with van der Waals surface area (Å²) < 4.78 is 26.9. The number of fused-ring (bicyclic) bond motifs is 12. The minimum atomic E-state index is -1.18. The average molecular weight is 1060 g/mol. The molecular formula is C70H70N4O6. The van der Waals surface area contributed by atoms with E-state index in [1.54, 1.807) is 0 Å². The molecule has 10 nitrogen and oxygen atoms in total. The van der Waals surface area contributed by atoms with Crippen LogP contribution >= 0.6 is 0 Å². The third-order valence-corrected chi connectivity index (χ3v) is 17.5. The molecule has 0 aromatic heterocycles. The van der Waals surface area contributed by atoms with Crippen LogP contribution in [0, 0.1) is 13.8 Å². The monoisotopic (exact) mass is 1060 g/mol. The van der Waals surface area contributed by atoms with Crippen molar-refractivity contribution in [2.24, 2.45) is 0 Å². The first-order valence-corrected chi connectivity index (χ1v) is 28.4. The lowest BCUT2D eigenvalue weighted by Gasteiger charge is -2.38. The maximum atomic E-state index is 13.9. The summed E-state index contributed by atoms with van der Waals surface area (Å²) >= 11 is 0. The molecule has 4 heterocycles. The molecule has 0 radical (unpaired) electrons. The van der Waals surface area contributed by atoms with Crippen LogP contribution in [-0.4, -0.2) is 53.2 Å². The Balaban J connectivity index is 0.885. The van der Waals surface area contributed by atoms with Gasteiger partial charge in [-0.05, 0) is 140 Å². The van der Waals surface area contributed by atoms with Crippen LogP contribution in [0.15, 0.2) is 158 Å². The van der Waals surface area contributed by atoms with Crippen molar-refractivity contribution in [2.75, 3.05) is 60.9 Å². The van der Waals surface area contributed by atoms with Crippen LogP contribution in [0.1, 0.15) is 136 Å².